The van der Waals surface area contributed by atoms with E-state index in [1.165, 1.54) is 19.2 Å². The molecule has 2 aliphatic rings. The second-order valence-corrected chi connectivity index (χ2v) is 8.60. The fraction of sp³-hybridized carbons (Fsp3) is 0.391. The number of amides is 3. The Morgan fingerprint density at radius 3 is 2.31 bits per heavy atom. The zero-order valence-electron chi connectivity index (χ0n) is 18.7. The van der Waals surface area contributed by atoms with E-state index in [2.05, 4.69) is 20.7 Å². The third-order valence-electron chi connectivity index (χ3n) is 6.07. The Morgan fingerprint density at radius 1 is 1.09 bits per heavy atom. The molecule has 12 heteroatoms. The predicted molar refractivity (Wildman–Crippen MR) is 113 cm³/mol. The summed E-state index contributed by atoms with van der Waals surface area (Å²) in [4.78, 5) is 25.2. The summed E-state index contributed by atoms with van der Waals surface area (Å²) in [6, 6.07) is 3.93. The van der Waals surface area contributed by atoms with Gasteiger partial charge in [-0.1, -0.05) is 6.07 Å². The summed E-state index contributed by atoms with van der Waals surface area (Å²) in [5, 5.41) is 7.63. The number of benzene rings is 2. The molecule has 2 fully saturated rings. The zero-order chi connectivity index (χ0) is 25.5. The van der Waals surface area contributed by atoms with Crippen LogP contribution in [0, 0.1) is 18.6 Å². The van der Waals surface area contributed by atoms with Crippen LogP contribution in [0.5, 0.6) is 11.5 Å². The fourth-order valence-corrected chi connectivity index (χ4v) is 4.31. The first-order valence-corrected chi connectivity index (χ1v) is 10.7. The molecule has 188 valence electrons. The number of halogens is 5. The highest BCUT2D eigenvalue weighted by molar-refractivity contribution is 5.90. The summed E-state index contributed by atoms with van der Waals surface area (Å²) in [6.07, 6.45) is -3.99. The van der Waals surface area contributed by atoms with Crippen LogP contribution < -0.4 is 25.4 Å². The number of rotatable bonds is 6. The Labute approximate surface area is 197 Å². The van der Waals surface area contributed by atoms with Gasteiger partial charge in [-0.2, -0.15) is 0 Å². The van der Waals surface area contributed by atoms with Crippen LogP contribution in [0.1, 0.15) is 35.4 Å². The van der Waals surface area contributed by atoms with Crippen molar-refractivity contribution in [2.45, 2.75) is 43.6 Å². The lowest BCUT2D eigenvalue weighted by molar-refractivity contribution is -0.274. The highest BCUT2D eigenvalue weighted by Crippen LogP contribution is 2.47. The van der Waals surface area contributed by atoms with Gasteiger partial charge in [0.15, 0.2) is 0 Å². The van der Waals surface area contributed by atoms with Gasteiger partial charge in [-0.05, 0) is 43.0 Å². The van der Waals surface area contributed by atoms with E-state index in [1.807, 2.05) is 0 Å². The number of urea groups is 1. The Hall–Kier alpha value is -3.57. The molecule has 4 rings (SSSR count). The second-order valence-electron chi connectivity index (χ2n) is 8.60. The molecule has 0 unspecified atom stereocenters. The van der Waals surface area contributed by atoms with E-state index in [9.17, 15) is 31.5 Å². The zero-order valence-corrected chi connectivity index (χ0v) is 18.7. The van der Waals surface area contributed by atoms with Crippen molar-refractivity contribution in [1.29, 1.82) is 0 Å². The van der Waals surface area contributed by atoms with Crippen molar-refractivity contribution < 1.29 is 41.0 Å². The highest BCUT2D eigenvalue weighted by atomic mass is 19.4. The minimum Gasteiger partial charge on any atom is -0.497 e. The van der Waals surface area contributed by atoms with Gasteiger partial charge in [-0.3, -0.25) is 4.79 Å². The maximum Gasteiger partial charge on any atom is 0.573 e. The summed E-state index contributed by atoms with van der Waals surface area (Å²) in [5.41, 5.74) is -0.424. The van der Waals surface area contributed by atoms with E-state index in [1.54, 1.807) is 13.0 Å². The molecule has 2 atom stereocenters. The molecule has 0 radical (unpaired) electrons. The van der Waals surface area contributed by atoms with Crippen LogP contribution in [-0.2, 0) is 10.3 Å². The normalized spacial score (nSPS) is 20.7. The number of ether oxygens (including phenoxy) is 2. The van der Waals surface area contributed by atoms with Gasteiger partial charge in [0.2, 0.25) is 5.91 Å². The molecule has 35 heavy (non-hydrogen) atoms. The Morgan fingerprint density at radius 2 is 1.74 bits per heavy atom. The Balaban J connectivity index is 1.52. The van der Waals surface area contributed by atoms with E-state index in [-0.39, 0.29) is 17.9 Å². The molecule has 7 nitrogen and oxygen atoms in total. The summed E-state index contributed by atoms with van der Waals surface area (Å²) in [5.74, 6) is -3.95. The van der Waals surface area contributed by atoms with Crippen molar-refractivity contribution in [2.24, 2.45) is 0 Å². The van der Waals surface area contributed by atoms with Crippen molar-refractivity contribution in [1.82, 2.24) is 16.0 Å². The summed E-state index contributed by atoms with van der Waals surface area (Å²) in [6.45, 7) is 1.49. The molecule has 1 heterocycles. The molecule has 3 amide bonds. The maximum atomic E-state index is 14.6. The summed E-state index contributed by atoms with van der Waals surface area (Å²) < 4.78 is 76.1. The third kappa shape index (κ3) is 5.25. The third-order valence-corrected chi connectivity index (χ3v) is 6.07. The molecule has 1 saturated heterocycles. The first-order valence-electron chi connectivity index (χ1n) is 10.7. The topological polar surface area (TPSA) is 88.7 Å². The second kappa shape index (κ2) is 8.90. The van der Waals surface area contributed by atoms with Crippen molar-refractivity contribution in [3.8, 4) is 11.5 Å². The predicted octanol–water partition coefficient (Wildman–Crippen LogP) is 3.75. The minimum absolute atomic E-state index is 0.0361. The average Bonchev–Trinajstić information content (AvgIpc) is 3.44. The molecule has 0 spiro atoms. The van der Waals surface area contributed by atoms with Crippen LogP contribution in [0.25, 0.3) is 0 Å². The van der Waals surface area contributed by atoms with E-state index in [0.29, 0.717) is 24.0 Å². The van der Waals surface area contributed by atoms with E-state index < -0.39 is 53.2 Å². The van der Waals surface area contributed by atoms with Crippen LogP contribution in [-0.4, -0.2) is 38.0 Å². The number of methoxy groups -OCH3 is 1. The van der Waals surface area contributed by atoms with Gasteiger partial charge in [0.25, 0.3) is 0 Å². The average molecular weight is 499 g/mol. The first kappa shape index (κ1) is 24.6. The number of nitrogens with one attached hydrogen (secondary N) is 3. The molecule has 0 aromatic heterocycles. The summed E-state index contributed by atoms with van der Waals surface area (Å²) in [7, 11) is 1.25. The first-order chi connectivity index (χ1) is 16.4. The summed E-state index contributed by atoms with van der Waals surface area (Å²) >= 11 is 0. The van der Waals surface area contributed by atoms with Gasteiger partial charge in [0, 0.05) is 30.2 Å². The van der Waals surface area contributed by atoms with Crippen molar-refractivity contribution in [3.05, 3.63) is 58.7 Å². The lowest BCUT2D eigenvalue weighted by Gasteiger charge is -2.24. The monoisotopic (exact) mass is 499 g/mol. The quantitative estimate of drug-likeness (QED) is 0.529. The number of aryl methyl sites for hydroxylation is 1. The van der Waals surface area contributed by atoms with Crippen LogP contribution in [0.15, 0.2) is 30.3 Å². The van der Waals surface area contributed by atoms with Gasteiger partial charge in [0.1, 0.15) is 29.2 Å². The van der Waals surface area contributed by atoms with Crippen LogP contribution in [0.3, 0.4) is 0 Å². The van der Waals surface area contributed by atoms with Gasteiger partial charge < -0.3 is 25.4 Å². The number of hydrogen-bond acceptors (Lipinski definition) is 4. The van der Waals surface area contributed by atoms with Crippen LogP contribution in [0.4, 0.5) is 26.7 Å². The molecular formula is C23H22F5N3O4. The van der Waals surface area contributed by atoms with E-state index >= 15 is 0 Å². The molecule has 2 aromatic carbocycles. The highest BCUT2D eigenvalue weighted by Gasteiger charge is 2.48. The molecule has 1 aliphatic carbocycles. The van der Waals surface area contributed by atoms with Crippen LogP contribution >= 0.6 is 0 Å². The molecule has 3 N–H and O–H groups in total. The van der Waals surface area contributed by atoms with Crippen molar-refractivity contribution in [2.75, 3.05) is 13.7 Å². The number of hydrogen-bond donors (Lipinski definition) is 3. The number of alkyl halides is 3. The van der Waals surface area contributed by atoms with E-state index in [4.69, 9.17) is 4.74 Å². The Bertz CT molecular complexity index is 1140. The SMILES string of the molecule is COc1cc(F)c([C@@H]2CNC(=O)[C@H]2NC(=O)NC2(c3cc(C)cc(OC(F)(F)F)c3)CC2)c(F)c1. The minimum atomic E-state index is -4.87. The van der Waals surface area contributed by atoms with Crippen molar-refractivity contribution >= 4 is 11.9 Å². The number of carbonyl (C=O) groups is 2. The maximum absolute atomic E-state index is 14.6. The molecule has 0 bridgehead atoms. The molecule has 1 saturated carbocycles. The standard InChI is InChI=1S/C23H22F5N3O4/c1-11-5-12(7-14(6-11)35-23(26,27)28)22(3-4-22)31-21(33)30-19-15(10-29-20(19)32)18-16(24)8-13(34-2)9-17(18)25/h5-9,15,19H,3-4,10H2,1-2H3,(H,29,32)(H2,30,31,33)/t15-,19-/m0/s1. The van der Waals surface area contributed by atoms with Gasteiger partial charge in [-0.25, -0.2) is 13.6 Å². The molecule has 2 aromatic rings. The number of carbonyl (C=O) groups excluding carboxylic acids is 2. The van der Waals surface area contributed by atoms with Gasteiger partial charge in [-0.15, -0.1) is 13.2 Å². The lowest BCUT2D eigenvalue weighted by atomic mass is 9.92. The van der Waals surface area contributed by atoms with Gasteiger partial charge >= 0.3 is 12.4 Å². The van der Waals surface area contributed by atoms with Crippen LogP contribution in [0.2, 0.25) is 0 Å². The van der Waals surface area contributed by atoms with Gasteiger partial charge in [0.05, 0.1) is 12.6 Å². The Kier molecular flexibility index (Phi) is 6.24. The van der Waals surface area contributed by atoms with E-state index in [0.717, 1.165) is 12.1 Å². The van der Waals surface area contributed by atoms with Crippen molar-refractivity contribution in [3.63, 3.8) is 0 Å². The fourth-order valence-electron chi connectivity index (χ4n) is 4.31. The lowest BCUT2D eigenvalue weighted by Crippen LogP contribution is -2.50. The smallest absolute Gasteiger partial charge is 0.497 e. The largest absolute Gasteiger partial charge is 0.573 e. The molecular weight excluding hydrogens is 477 g/mol. The molecule has 1 aliphatic heterocycles.